The molecule has 1 aromatic carbocycles. The molecule has 0 spiro atoms. The molecule has 1 aliphatic heterocycles. The van der Waals surface area contributed by atoms with Gasteiger partial charge in [0.1, 0.15) is 0 Å². The summed E-state index contributed by atoms with van der Waals surface area (Å²) in [5.41, 5.74) is 0.550. The highest BCUT2D eigenvalue weighted by Gasteiger charge is 2.25. The minimum atomic E-state index is -0.773. The topological polar surface area (TPSA) is 76.1 Å². The average Bonchev–Trinajstić information content (AvgIpc) is 2.53. The molecule has 1 saturated heterocycles. The summed E-state index contributed by atoms with van der Waals surface area (Å²) in [5, 5.41) is 8.82. The molecule has 1 aliphatic rings. The maximum absolute atomic E-state index is 12.5. The smallest absolute Gasteiger partial charge is 0.303 e. The van der Waals surface area contributed by atoms with E-state index in [4.69, 9.17) is 14.6 Å². The zero-order valence-corrected chi connectivity index (χ0v) is 12.9. The van der Waals surface area contributed by atoms with Crippen molar-refractivity contribution in [1.29, 1.82) is 0 Å². The summed E-state index contributed by atoms with van der Waals surface area (Å²) in [7, 11) is 3.08. The second kappa shape index (κ2) is 7.15. The van der Waals surface area contributed by atoms with Gasteiger partial charge in [0.25, 0.3) is 5.91 Å². The van der Waals surface area contributed by atoms with Crippen LogP contribution in [-0.2, 0) is 4.79 Å². The number of methoxy groups -OCH3 is 2. The molecule has 1 heterocycles. The summed E-state index contributed by atoms with van der Waals surface area (Å²) in [4.78, 5) is 25.0. The zero-order valence-electron chi connectivity index (χ0n) is 12.9. The van der Waals surface area contributed by atoms with Crippen LogP contribution < -0.4 is 9.47 Å². The third-order valence-electron chi connectivity index (χ3n) is 4.00. The molecule has 0 atom stereocenters. The summed E-state index contributed by atoms with van der Waals surface area (Å²) in [6.45, 7) is 1.18. The van der Waals surface area contributed by atoms with Crippen molar-refractivity contribution in [3.05, 3.63) is 23.8 Å². The quantitative estimate of drug-likeness (QED) is 0.900. The first-order valence-electron chi connectivity index (χ1n) is 7.28. The van der Waals surface area contributed by atoms with E-state index in [-0.39, 0.29) is 18.2 Å². The number of carbonyl (C=O) groups is 2. The van der Waals surface area contributed by atoms with Crippen molar-refractivity contribution in [2.24, 2.45) is 5.92 Å². The molecule has 6 heteroatoms. The molecule has 1 fully saturated rings. The highest BCUT2D eigenvalue weighted by atomic mass is 16.5. The number of carboxylic acids is 1. The highest BCUT2D eigenvalue weighted by molar-refractivity contribution is 5.95. The van der Waals surface area contributed by atoms with Gasteiger partial charge in [0, 0.05) is 25.1 Å². The summed E-state index contributed by atoms with van der Waals surface area (Å²) in [6.07, 6.45) is 1.63. The van der Waals surface area contributed by atoms with Crippen LogP contribution in [0, 0.1) is 5.92 Å². The fourth-order valence-electron chi connectivity index (χ4n) is 2.74. The van der Waals surface area contributed by atoms with Crippen LogP contribution in [-0.4, -0.2) is 49.2 Å². The lowest BCUT2D eigenvalue weighted by atomic mass is 9.93. The molecule has 0 radical (unpaired) electrons. The fourth-order valence-corrected chi connectivity index (χ4v) is 2.74. The monoisotopic (exact) mass is 307 g/mol. The van der Waals surface area contributed by atoms with Gasteiger partial charge in [-0.2, -0.15) is 0 Å². The Hall–Kier alpha value is -2.24. The van der Waals surface area contributed by atoms with Crippen molar-refractivity contribution in [2.45, 2.75) is 19.3 Å². The maximum Gasteiger partial charge on any atom is 0.303 e. The number of ether oxygens (including phenoxy) is 2. The van der Waals surface area contributed by atoms with E-state index in [1.54, 1.807) is 30.2 Å². The van der Waals surface area contributed by atoms with Crippen LogP contribution in [0.1, 0.15) is 29.6 Å². The lowest BCUT2D eigenvalue weighted by molar-refractivity contribution is -0.138. The van der Waals surface area contributed by atoms with Gasteiger partial charge in [0.05, 0.1) is 14.2 Å². The average molecular weight is 307 g/mol. The summed E-state index contributed by atoms with van der Waals surface area (Å²) in [5.74, 6) is 0.430. The van der Waals surface area contributed by atoms with Crippen molar-refractivity contribution in [3.63, 3.8) is 0 Å². The molecule has 120 valence electrons. The number of amides is 1. The van der Waals surface area contributed by atoms with Gasteiger partial charge >= 0.3 is 5.97 Å². The maximum atomic E-state index is 12.5. The van der Waals surface area contributed by atoms with Gasteiger partial charge in [-0.05, 0) is 37.0 Å². The Morgan fingerprint density at radius 3 is 2.36 bits per heavy atom. The molecular formula is C16H21NO5. The molecule has 1 aromatic rings. The number of hydrogen-bond acceptors (Lipinski definition) is 4. The predicted molar refractivity (Wildman–Crippen MR) is 80.4 cm³/mol. The van der Waals surface area contributed by atoms with Crippen molar-refractivity contribution in [3.8, 4) is 11.5 Å². The van der Waals surface area contributed by atoms with Crippen molar-refractivity contribution >= 4 is 11.9 Å². The van der Waals surface area contributed by atoms with Crippen LogP contribution in [0.3, 0.4) is 0 Å². The van der Waals surface area contributed by atoms with E-state index in [1.807, 2.05) is 0 Å². The Morgan fingerprint density at radius 2 is 1.82 bits per heavy atom. The third-order valence-corrected chi connectivity index (χ3v) is 4.00. The van der Waals surface area contributed by atoms with Gasteiger partial charge < -0.3 is 19.5 Å². The number of carbonyl (C=O) groups excluding carboxylic acids is 1. The van der Waals surface area contributed by atoms with E-state index in [1.165, 1.54) is 7.11 Å². The van der Waals surface area contributed by atoms with Crippen molar-refractivity contribution in [2.75, 3.05) is 27.3 Å². The molecule has 1 amide bonds. The van der Waals surface area contributed by atoms with Crippen LogP contribution in [0.15, 0.2) is 18.2 Å². The molecule has 1 N–H and O–H groups in total. The molecule has 0 unspecified atom stereocenters. The second-order valence-electron chi connectivity index (χ2n) is 5.40. The molecule has 0 aromatic heterocycles. The molecule has 0 aliphatic carbocycles. The van der Waals surface area contributed by atoms with Gasteiger partial charge in [-0.1, -0.05) is 0 Å². The van der Waals surface area contributed by atoms with E-state index < -0.39 is 5.97 Å². The number of benzene rings is 1. The van der Waals surface area contributed by atoms with E-state index in [0.29, 0.717) is 30.2 Å². The summed E-state index contributed by atoms with van der Waals surface area (Å²) < 4.78 is 10.4. The van der Waals surface area contributed by atoms with E-state index >= 15 is 0 Å². The summed E-state index contributed by atoms with van der Waals surface area (Å²) in [6, 6.07) is 5.10. The van der Waals surface area contributed by atoms with Crippen LogP contribution in [0.4, 0.5) is 0 Å². The molecule has 0 saturated carbocycles. The van der Waals surface area contributed by atoms with Gasteiger partial charge in [-0.25, -0.2) is 0 Å². The van der Waals surface area contributed by atoms with Crippen LogP contribution in [0.25, 0.3) is 0 Å². The Morgan fingerprint density at radius 1 is 1.18 bits per heavy atom. The molecule has 2 rings (SSSR count). The normalized spacial score (nSPS) is 15.5. The molecule has 0 bridgehead atoms. The molecule has 22 heavy (non-hydrogen) atoms. The second-order valence-corrected chi connectivity index (χ2v) is 5.40. The third kappa shape index (κ3) is 3.69. The van der Waals surface area contributed by atoms with E-state index in [2.05, 4.69) is 0 Å². The number of aliphatic carboxylic acids is 1. The van der Waals surface area contributed by atoms with Gasteiger partial charge in [-0.3, -0.25) is 9.59 Å². The number of rotatable bonds is 5. The van der Waals surface area contributed by atoms with Gasteiger partial charge in [0.15, 0.2) is 11.5 Å². The minimum absolute atomic E-state index is 0.0604. The highest BCUT2D eigenvalue weighted by Crippen LogP contribution is 2.29. The first kappa shape index (κ1) is 16.1. The lowest BCUT2D eigenvalue weighted by Crippen LogP contribution is -2.38. The van der Waals surface area contributed by atoms with Crippen LogP contribution in [0.2, 0.25) is 0 Å². The molecular weight excluding hydrogens is 286 g/mol. The predicted octanol–water partition coefficient (Wildman–Crippen LogP) is 2.03. The van der Waals surface area contributed by atoms with Crippen molar-refractivity contribution < 1.29 is 24.2 Å². The fraction of sp³-hybridized carbons (Fsp3) is 0.500. The van der Waals surface area contributed by atoms with E-state index in [0.717, 1.165) is 12.8 Å². The SMILES string of the molecule is COc1ccc(C(=O)N2CCC(CC(=O)O)CC2)cc1OC. The molecule has 6 nitrogen and oxygen atoms in total. The zero-order chi connectivity index (χ0) is 16.1. The van der Waals surface area contributed by atoms with Gasteiger partial charge in [0.2, 0.25) is 0 Å². The number of carboxylic acid groups (broad SMARTS) is 1. The number of piperidine rings is 1. The first-order valence-corrected chi connectivity index (χ1v) is 7.28. The Labute approximate surface area is 129 Å². The Bertz CT molecular complexity index is 549. The lowest BCUT2D eigenvalue weighted by Gasteiger charge is -2.31. The summed E-state index contributed by atoms with van der Waals surface area (Å²) >= 11 is 0. The number of nitrogens with zero attached hydrogens (tertiary/aromatic N) is 1. The van der Waals surface area contributed by atoms with Crippen LogP contribution >= 0.6 is 0 Å². The van der Waals surface area contributed by atoms with Gasteiger partial charge in [-0.15, -0.1) is 0 Å². The standard InChI is InChI=1S/C16H21NO5/c1-21-13-4-3-12(10-14(13)22-2)16(20)17-7-5-11(6-8-17)9-15(18)19/h3-4,10-11H,5-9H2,1-2H3,(H,18,19). The first-order chi connectivity index (χ1) is 10.5. The largest absolute Gasteiger partial charge is 0.493 e. The Balaban J connectivity index is 2.02. The van der Waals surface area contributed by atoms with Crippen molar-refractivity contribution in [1.82, 2.24) is 4.90 Å². The number of hydrogen-bond donors (Lipinski definition) is 1. The number of likely N-dealkylation sites (tertiary alicyclic amines) is 1. The van der Waals surface area contributed by atoms with Crippen LogP contribution in [0.5, 0.6) is 11.5 Å². The minimum Gasteiger partial charge on any atom is -0.493 e. The Kier molecular flexibility index (Phi) is 5.25. The van der Waals surface area contributed by atoms with E-state index in [9.17, 15) is 9.59 Å².